The highest BCUT2D eigenvalue weighted by Crippen LogP contribution is 2.17. The zero-order chi connectivity index (χ0) is 15.3. The zero-order valence-electron chi connectivity index (χ0n) is 13.1. The van der Waals surface area contributed by atoms with E-state index in [0.717, 1.165) is 12.3 Å². The Labute approximate surface area is 133 Å². The Morgan fingerprint density at radius 1 is 1.19 bits per heavy atom. The van der Waals surface area contributed by atoms with E-state index in [0.29, 0.717) is 6.04 Å². The Balaban J connectivity index is 2.19. The highest BCUT2D eigenvalue weighted by atomic mass is 32.2. The van der Waals surface area contributed by atoms with Crippen LogP contribution in [0.25, 0.3) is 0 Å². The quantitative estimate of drug-likeness (QED) is 0.623. The van der Waals surface area contributed by atoms with Crippen LogP contribution in [0, 0.1) is 11.3 Å². The standard InChI is InChI=1S/C17H26N2OS/c1-15(19-12-5-3-4-6-14-21-2)16-7-9-17(10-8-16)20-13-11-18/h7-10,15,19H,3-6,12-14H2,1-2H3. The Hall–Kier alpha value is -1.18. The van der Waals surface area contributed by atoms with Crippen LogP contribution >= 0.6 is 11.8 Å². The molecule has 0 spiro atoms. The van der Waals surface area contributed by atoms with Gasteiger partial charge in [0, 0.05) is 6.04 Å². The van der Waals surface area contributed by atoms with Gasteiger partial charge in [-0.2, -0.15) is 17.0 Å². The molecule has 0 aliphatic heterocycles. The van der Waals surface area contributed by atoms with Gasteiger partial charge < -0.3 is 10.1 Å². The van der Waals surface area contributed by atoms with Crippen LogP contribution in [-0.2, 0) is 0 Å². The van der Waals surface area contributed by atoms with E-state index in [9.17, 15) is 0 Å². The molecule has 0 amide bonds. The van der Waals surface area contributed by atoms with Crippen molar-refractivity contribution in [2.45, 2.75) is 38.6 Å². The molecule has 1 atom stereocenters. The summed E-state index contributed by atoms with van der Waals surface area (Å²) in [6.07, 6.45) is 7.38. The molecule has 0 saturated heterocycles. The summed E-state index contributed by atoms with van der Waals surface area (Å²) in [5, 5.41) is 12.0. The molecule has 1 N–H and O–H groups in total. The highest BCUT2D eigenvalue weighted by Gasteiger charge is 2.04. The van der Waals surface area contributed by atoms with E-state index in [-0.39, 0.29) is 6.61 Å². The lowest BCUT2D eigenvalue weighted by Gasteiger charge is -2.14. The van der Waals surface area contributed by atoms with E-state index in [4.69, 9.17) is 10.00 Å². The lowest BCUT2D eigenvalue weighted by molar-refractivity contribution is 0.368. The van der Waals surface area contributed by atoms with Gasteiger partial charge in [-0.15, -0.1) is 0 Å². The summed E-state index contributed by atoms with van der Waals surface area (Å²) in [5.74, 6) is 2.03. The van der Waals surface area contributed by atoms with Crippen LogP contribution in [0.5, 0.6) is 5.75 Å². The average Bonchev–Trinajstić information content (AvgIpc) is 2.52. The van der Waals surface area contributed by atoms with Crippen molar-refractivity contribution in [1.29, 1.82) is 5.26 Å². The molecular weight excluding hydrogens is 280 g/mol. The number of nitrogens with one attached hydrogen (secondary N) is 1. The number of unbranched alkanes of at least 4 members (excludes halogenated alkanes) is 3. The van der Waals surface area contributed by atoms with Gasteiger partial charge in [0.25, 0.3) is 0 Å². The van der Waals surface area contributed by atoms with E-state index in [1.54, 1.807) is 0 Å². The molecule has 0 bridgehead atoms. The fourth-order valence-corrected chi connectivity index (χ4v) is 2.62. The molecule has 0 aromatic heterocycles. The second kappa shape index (κ2) is 11.5. The summed E-state index contributed by atoms with van der Waals surface area (Å²) in [7, 11) is 0. The number of nitrogens with zero attached hydrogens (tertiary/aromatic N) is 1. The smallest absolute Gasteiger partial charge is 0.174 e. The number of ether oxygens (including phenoxy) is 1. The summed E-state index contributed by atoms with van der Waals surface area (Å²) in [6.45, 7) is 3.34. The van der Waals surface area contributed by atoms with Crippen LogP contribution in [-0.4, -0.2) is 25.2 Å². The van der Waals surface area contributed by atoms with Crippen molar-refractivity contribution in [2.24, 2.45) is 0 Å². The maximum absolute atomic E-state index is 8.47. The largest absolute Gasteiger partial charge is 0.479 e. The van der Waals surface area contributed by atoms with Gasteiger partial charge in [0.1, 0.15) is 11.8 Å². The maximum atomic E-state index is 8.47. The van der Waals surface area contributed by atoms with Gasteiger partial charge in [-0.25, -0.2) is 0 Å². The minimum Gasteiger partial charge on any atom is -0.479 e. The number of hydrogen-bond acceptors (Lipinski definition) is 4. The van der Waals surface area contributed by atoms with Crippen molar-refractivity contribution in [3.05, 3.63) is 29.8 Å². The molecule has 1 aromatic rings. The van der Waals surface area contributed by atoms with Gasteiger partial charge in [-0.3, -0.25) is 0 Å². The van der Waals surface area contributed by atoms with Gasteiger partial charge >= 0.3 is 0 Å². The molecule has 1 aromatic carbocycles. The zero-order valence-corrected chi connectivity index (χ0v) is 13.9. The molecular formula is C17H26N2OS. The number of nitriles is 1. The first-order valence-corrected chi connectivity index (χ1v) is 8.99. The van der Waals surface area contributed by atoms with Crippen molar-refractivity contribution in [3.8, 4) is 11.8 Å². The first kappa shape index (κ1) is 17.9. The minimum atomic E-state index is 0.101. The number of benzene rings is 1. The predicted molar refractivity (Wildman–Crippen MR) is 90.8 cm³/mol. The fourth-order valence-electron chi connectivity index (χ4n) is 2.13. The van der Waals surface area contributed by atoms with E-state index in [1.807, 2.05) is 30.0 Å². The molecule has 4 heteroatoms. The third kappa shape index (κ3) is 7.99. The van der Waals surface area contributed by atoms with Gasteiger partial charge in [0.05, 0.1) is 0 Å². The Morgan fingerprint density at radius 3 is 2.57 bits per heavy atom. The highest BCUT2D eigenvalue weighted by molar-refractivity contribution is 7.98. The van der Waals surface area contributed by atoms with Gasteiger partial charge in [-0.05, 0) is 56.0 Å². The van der Waals surface area contributed by atoms with Crippen LogP contribution in [0.2, 0.25) is 0 Å². The van der Waals surface area contributed by atoms with Crippen molar-refractivity contribution in [1.82, 2.24) is 5.32 Å². The summed E-state index contributed by atoms with van der Waals surface area (Å²) in [5.41, 5.74) is 1.25. The van der Waals surface area contributed by atoms with E-state index in [1.165, 1.54) is 37.0 Å². The predicted octanol–water partition coefficient (Wildman–Crippen LogP) is 4.16. The Morgan fingerprint density at radius 2 is 1.90 bits per heavy atom. The van der Waals surface area contributed by atoms with Crippen LogP contribution in [0.1, 0.15) is 44.2 Å². The molecule has 1 rings (SSSR count). The van der Waals surface area contributed by atoms with Crippen LogP contribution in [0.3, 0.4) is 0 Å². The minimum absolute atomic E-state index is 0.101. The van der Waals surface area contributed by atoms with Gasteiger partial charge in [0.2, 0.25) is 0 Å². The second-order valence-electron chi connectivity index (χ2n) is 5.10. The average molecular weight is 306 g/mol. The summed E-state index contributed by atoms with van der Waals surface area (Å²) in [6, 6.07) is 10.3. The molecule has 21 heavy (non-hydrogen) atoms. The lowest BCUT2D eigenvalue weighted by atomic mass is 10.1. The molecule has 116 valence electrons. The summed E-state index contributed by atoms with van der Waals surface area (Å²) >= 11 is 1.93. The fraction of sp³-hybridized carbons (Fsp3) is 0.588. The van der Waals surface area contributed by atoms with Crippen molar-refractivity contribution >= 4 is 11.8 Å². The molecule has 0 aliphatic rings. The van der Waals surface area contributed by atoms with Crippen LogP contribution in [0.4, 0.5) is 0 Å². The first-order valence-electron chi connectivity index (χ1n) is 7.60. The van der Waals surface area contributed by atoms with E-state index >= 15 is 0 Å². The second-order valence-corrected chi connectivity index (χ2v) is 6.08. The molecule has 0 aliphatic carbocycles. The van der Waals surface area contributed by atoms with Crippen LogP contribution in [0.15, 0.2) is 24.3 Å². The SMILES string of the molecule is CSCCCCCCNC(C)c1ccc(OCC#N)cc1. The number of hydrogen-bond donors (Lipinski definition) is 1. The monoisotopic (exact) mass is 306 g/mol. The summed E-state index contributed by atoms with van der Waals surface area (Å²) in [4.78, 5) is 0. The molecule has 0 radical (unpaired) electrons. The molecule has 0 saturated carbocycles. The maximum Gasteiger partial charge on any atom is 0.174 e. The third-order valence-corrected chi connectivity index (χ3v) is 4.11. The number of rotatable bonds is 11. The number of thioether (sulfide) groups is 1. The van der Waals surface area contributed by atoms with E-state index in [2.05, 4.69) is 30.6 Å². The van der Waals surface area contributed by atoms with Crippen LogP contribution < -0.4 is 10.1 Å². The van der Waals surface area contributed by atoms with Crippen molar-refractivity contribution in [3.63, 3.8) is 0 Å². The molecule has 0 heterocycles. The van der Waals surface area contributed by atoms with Gasteiger partial charge in [-0.1, -0.05) is 25.0 Å². The van der Waals surface area contributed by atoms with Crippen molar-refractivity contribution in [2.75, 3.05) is 25.2 Å². The molecule has 1 unspecified atom stereocenters. The topological polar surface area (TPSA) is 45.0 Å². The normalized spacial score (nSPS) is 11.9. The third-order valence-electron chi connectivity index (χ3n) is 3.41. The van der Waals surface area contributed by atoms with Crippen molar-refractivity contribution < 1.29 is 4.74 Å². The summed E-state index contributed by atoms with van der Waals surface area (Å²) < 4.78 is 5.25. The van der Waals surface area contributed by atoms with Gasteiger partial charge in [0.15, 0.2) is 6.61 Å². The Kier molecular flexibility index (Phi) is 9.77. The molecule has 3 nitrogen and oxygen atoms in total. The van der Waals surface area contributed by atoms with E-state index < -0.39 is 0 Å². The molecule has 0 fully saturated rings. The Bertz CT molecular complexity index is 414. The lowest BCUT2D eigenvalue weighted by Crippen LogP contribution is -2.19. The first-order chi connectivity index (χ1) is 10.3.